The third-order valence-electron chi connectivity index (χ3n) is 9.86. The Morgan fingerprint density at radius 2 is 1.56 bits per heavy atom. The van der Waals surface area contributed by atoms with Gasteiger partial charge in [0.05, 0.1) is 35.9 Å². The van der Waals surface area contributed by atoms with Gasteiger partial charge in [0.25, 0.3) is 0 Å². The third-order valence-corrected chi connectivity index (χ3v) is 9.86. The number of rotatable bonds is 11. The summed E-state index contributed by atoms with van der Waals surface area (Å²) in [7, 11) is 0. The number of aromatic hydroxyl groups is 1. The number of phenols is 1. The summed E-state index contributed by atoms with van der Waals surface area (Å²) in [5, 5.41) is 35.0. The first-order valence-corrected chi connectivity index (χ1v) is 16.9. The lowest BCUT2D eigenvalue weighted by Crippen LogP contribution is -2.40. The van der Waals surface area contributed by atoms with Gasteiger partial charge in [-0.3, -0.25) is 19.5 Å². The van der Waals surface area contributed by atoms with E-state index in [9.17, 15) is 24.9 Å². The molecule has 1 fully saturated rings. The number of ether oxygens (including phenoxy) is 1. The number of hydrogen-bond donors (Lipinski definition) is 3. The number of carbonyl (C=O) groups is 2. The van der Waals surface area contributed by atoms with E-state index < -0.39 is 30.5 Å². The van der Waals surface area contributed by atoms with Crippen LogP contribution in [0.1, 0.15) is 30.5 Å². The molecule has 0 radical (unpaired) electrons. The normalized spacial score (nSPS) is 19.9. The number of aromatic nitrogens is 1. The fourth-order valence-corrected chi connectivity index (χ4v) is 7.51. The van der Waals surface area contributed by atoms with E-state index in [0.29, 0.717) is 29.0 Å². The van der Waals surface area contributed by atoms with Gasteiger partial charge < -0.3 is 20.1 Å². The van der Waals surface area contributed by atoms with Gasteiger partial charge in [0.15, 0.2) is 0 Å². The number of carbonyl (C=O) groups excluding carboxylic acids is 2. The number of benzene rings is 4. The molecule has 1 aromatic heterocycles. The van der Waals surface area contributed by atoms with Crippen molar-refractivity contribution in [3.63, 3.8) is 0 Å². The van der Waals surface area contributed by atoms with Crippen LogP contribution in [0.2, 0.25) is 0 Å². The molecule has 2 heterocycles. The van der Waals surface area contributed by atoms with Gasteiger partial charge in [-0.05, 0) is 95.5 Å². The lowest BCUT2D eigenvalue weighted by atomic mass is 9.68. The molecule has 1 saturated heterocycles. The van der Waals surface area contributed by atoms with Gasteiger partial charge in [-0.1, -0.05) is 72.8 Å². The molecule has 8 nitrogen and oxygen atoms in total. The molecule has 1 aliphatic heterocycles. The molecule has 4 aromatic carbocycles. The number of allylic oxidation sites excluding steroid dienone is 1. The summed E-state index contributed by atoms with van der Waals surface area (Å²) in [6, 6.07) is 35.0. The predicted molar refractivity (Wildman–Crippen MR) is 193 cm³/mol. The standard InChI is InChI=1S/C42H38N2O6/c45-25-35-39(38(47)21-19-28(36-17-9-10-22-43-36)23-27-18-20-37(46)33-16-8-7-15-32(27)33)29(26-50-31-13-5-2-6-14-31)24-34-40(35)42(49)44(41(34)48)30-11-3-1-4-12-30/h1-18,20,22-23,34-35,38,40,45-47H,19,21,24-26H2/b28-23-/t34-,35+,38-,40-/m1/s1. The van der Waals surface area contributed by atoms with Crippen molar-refractivity contribution in [3.05, 3.63) is 144 Å². The van der Waals surface area contributed by atoms with E-state index in [1.54, 1.807) is 36.5 Å². The molecular weight excluding hydrogens is 628 g/mol. The number of fused-ring (bicyclic) bond motifs is 2. The van der Waals surface area contributed by atoms with Crippen LogP contribution < -0.4 is 9.64 Å². The van der Waals surface area contributed by atoms with E-state index in [4.69, 9.17) is 4.74 Å². The van der Waals surface area contributed by atoms with E-state index in [-0.39, 0.29) is 37.0 Å². The lowest BCUT2D eigenvalue weighted by Gasteiger charge is -2.36. The fourth-order valence-electron chi connectivity index (χ4n) is 7.51. The largest absolute Gasteiger partial charge is 0.507 e. The number of para-hydroxylation sites is 2. The highest BCUT2D eigenvalue weighted by Crippen LogP contribution is 2.47. The Morgan fingerprint density at radius 3 is 2.28 bits per heavy atom. The van der Waals surface area contributed by atoms with Crippen LogP contribution in [-0.4, -0.2) is 51.4 Å². The lowest BCUT2D eigenvalue weighted by molar-refractivity contribution is -0.123. The number of imide groups is 1. The number of anilines is 1. The molecule has 4 atom stereocenters. The summed E-state index contributed by atoms with van der Waals surface area (Å²) in [6.07, 6.45) is 3.62. The average molecular weight is 667 g/mol. The summed E-state index contributed by atoms with van der Waals surface area (Å²) < 4.78 is 6.16. The Bertz CT molecular complexity index is 2060. The van der Waals surface area contributed by atoms with Gasteiger partial charge in [0, 0.05) is 17.5 Å². The van der Waals surface area contributed by atoms with Gasteiger partial charge in [-0.2, -0.15) is 0 Å². The SMILES string of the molecule is O=C1[C@@H]2[C@@H](CC(COc3ccccc3)=C([C@H](O)CC/C(=C/c3ccc(O)c4ccccc34)c3ccccn3)[C@@H]2CO)C(=O)N1c1ccccc1. The van der Waals surface area contributed by atoms with Crippen LogP contribution in [0.15, 0.2) is 133 Å². The summed E-state index contributed by atoms with van der Waals surface area (Å²) in [5.41, 5.74) is 4.27. The highest BCUT2D eigenvalue weighted by atomic mass is 16.5. The monoisotopic (exact) mass is 666 g/mol. The zero-order valence-electron chi connectivity index (χ0n) is 27.4. The van der Waals surface area contributed by atoms with Crippen molar-refractivity contribution in [1.29, 1.82) is 0 Å². The Balaban J connectivity index is 1.24. The topological polar surface area (TPSA) is 120 Å². The molecule has 5 aromatic rings. The van der Waals surface area contributed by atoms with Gasteiger partial charge in [-0.15, -0.1) is 0 Å². The second kappa shape index (κ2) is 14.5. The molecule has 0 unspecified atom stereocenters. The summed E-state index contributed by atoms with van der Waals surface area (Å²) in [4.78, 5) is 33.7. The maximum absolute atomic E-state index is 14.0. The summed E-state index contributed by atoms with van der Waals surface area (Å²) >= 11 is 0. The Labute approximate surface area is 290 Å². The molecule has 50 heavy (non-hydrogen) atoms. The predicted octanol–water partition coefficient (Wildman–Crippen LogP) is 6.82. The number of amides is 2. The number of hydrogen-bond acceptors (Lipinski definition) is 7. The average Bonchev–Trinajstić information content (AvgIpc) is 3.42. The van der Waals surface area contributed by atoms with E-state index >= 15 is 0 Å². The van der Waals surface area contributed by atoms with E-state index in [0.717, 1.165) is 27.6 Å². The Morgan fingerprint density at radius 1 is 0.860 bits per heavy atom. The first-order chi connectivity index (χ1) is 24.4. The van der Waals surface area contributed by atoms with Gasteiger partial charge in [0.2, 0.25) is 11.8 Å². The molecular formula is C42H38N2O6. The molecule has 0 saturated carbocycles. The number of phenolic OH excluding ortho intramolecular Hbond substituents is 1. The van der Waals surface area contributed by atoms with Crippen LogP contribution in [0, 0.1) is 17.8 Å². The van der Waals surface area contributed by atoms with E-state index in [2.05, 4.69) is 4.98 Å². The van der Waals surface area contributed by atoms with Crippen LogP contribution in [0.3, 0.4) is 0 Å². The smallest absolute Gasteiger partial charge is 0.238 e. The van der Waals surface area contributed by atoms with Crippen molar-refractivity contribution in [2.75, 3.05) is 18.1 Å². The van der Waals surface area contributed by atoms with Crippen molar-refractivity contribution in [1.82, 2.24) is 4.98 Å². The third kappa shape index (κ3) is 6.43. The quantitative estimate of drug-likeness (QED) is 0.105. The zero-order chi connectivity index (χ0) is 34.6. The maximum atomic E-state index is 14.0. The number of aliphatic hydroxyl groups is 2. The zero-order valence-corrected chi connectivity index (χ0v) is 27.4. The van der Waals surface area contributed by atoms with Crippen molar-refractivity contribution < 1.29 is 29.6 Å². The van der Waals surface area contributed by atoms with Crippen LogP contribution in [0.5, 0.6) is 11.5 Å². The van der Waals surface area contributed by atoms with Crippen molar-refractivity contribution in [2.24, 2.45) is 17.8 Å². The molecule has 2 amide bonds. The van der Waals surface area contributed by atoms with Gasteiger partial charge >= 0.3 is 0 Å². The second-order valence-electron chi connectivity index (χ2n) is 12.8. The molecule has 7 rings (SSSR count). The second-order valence-corrected chi connectivity index (χ2v) is 12.8. The number of nitrogens with zero attached hydrogens (tertiary/aromatic N) is 2. The Hall–Kier alpha value is -5.57. The molecule has 8 heteroatoms. The van der Waals surface area contributed by atoms with Crippen molar-refractivity contribution in [2.45, 2.75) is 25.4 Å². The molecule has 2 aliphatic rings. The van der Waals surface area contributed by atoms with Crippen LogP contribution in [0.25, 0.3) is 22.4 Å². The molecule has 1 aliphatic carbocycles. The summed E-state index contributed by atoms with van der Waals surface area (Å²) in [5.74, 6) is -2.11. The minimum atomic E-state index is -1.04. The van der Waals surface area contributed by atoms with Crippen LogP contribution in [0.4, 0.5) is 5.69 Å². The maximum Gasteiger partial charge on any atom is 0.238 e. The van der Waals surface area contributed by atoms with Gasteiger partial charge in [0.1, 0.15) is 18.1 Å². The fraction of sp³-hybridized carbons (Fsp3) is 0.214. The highest BCUT2D eigenvalue weighted by molar-refractivity contribution is 6.22. The van der Waals surface area contributed by atoms with E-state index in [1.165, 1.54) is 4.90 Å². The number of pyridine rings is 1. The molecule has 0 spiro atoms. The van der Waals surface area contributed by atoms with Crippen molar-refractivity contribution >= 4 is 39.9 Å². The Kier molecular flexibility index (Phi) is 9.56. The molecule has 0 bridgehead atoms. The number of aliphatic hydroxyl groups excluding tert-OH is 2. The highest BCUT2D eigenvalue weighted by Gasteiger charge is 2.55. The minimum Gasteiger partial charge on any atom is -0.507 e. The first-order valence-electron chi connectivity index (χ1n) is 16.9. The first kappa shape index (κ1) is 33.0. The molecule has 3 N–H and O–H groups in total. The minimum absolute atomic E-state index is 0.103. The van der Waals surface area contributed by atoms with Crippen molar-refractivity contribution in [3.8, 4) is 11.5 Å². The molecule has 252 valence electrons. The van der Waals surface area contributed by atoms with Crippen LogP contribution >= 0.6 is 0 Å². The van der Waals surface area contributed by atoms with E-state index in [1.807, 2.05) is 91.0 Å². The summed E-state index contributed by atoms with van der Waals surface area (Å²) in [6.45, 7) is -0.308. The van der Waals surface area contributed by atoms with Gasteiger partial charge in [-0.25, -0.2) is 0 Å². The van der Waals surface area contributed by atoms with Crippen LogP contribution in [-0.2, 0) is 9.59 Å².